The molecule has 0 bridgehead atoms. The minimum atomic E-state index is 0.451. The molecular weight excluding hydrogens is 210 g/mol. The van der Waals surface area contributed by atoms with Gasteiger partial charge in [0, 0.05) is 17.9 Å². The molecule has 0 radical (unpaired) electrons. The molecule has 2 aromatic rings. The zero-order valence-corrected chi connectivity index (χ0v) is 10.6. The van der Waals surface area contributed by atoms with E-state index in [4.69, 9.17) is 0 Å². The summed E-state index contributed by atoms with van der Waals surface area (Å²) in [7, 11) is 0. The highest BCUT2D eigenvalue weighted by atomic mass is 15.1. The molecule has 3 nitrogen and oxygen atoms in total. The lowest BCUT2D eigenvalue weighted by Crippen LogP contribution is -2.08. The van der Waals surface area contributed by atoms with Crippen LogP contribution in [-0.2, 0) is 6.54 Å². The molecule has 2 rings (SSSR count). The van der Waals surface area contributed by atoms with Crippen LogP contribution >= 0.6 is 0 Å². The third-order valence-corrected chi connectivity index (χ3v) is 2.79. The van der Waals surface area contributed by atoms with Gasteiger partial charge < -0.3 is 9.88 Å². The van der Waals surface area contributed by atoms with Gasteiger partial charge in [0.25, 0.3) is 0 Å². The fraction of sp³-hybridized carbons (Fsp3) is 0.357. The maximum Gasteiger partial charge on any atom is 0.0951 e. The number of hydrogen-bond donors (Lipinski definition) is 1. The Morgan fingerprint density at radius 2 is 2.18 bits per heavy atom. The Labute approximate surface area is 103 Å². The van der Waals surface area contributed by atoms with Gasteiger partial charge in [-0.15, -0.1) is 0 Å². The molecule has 1 heterocycles. The van der Waals surface area contributed by atoms with Crippen molar-refractivity contribution < 1.29 is 0 Å². The number of rotatable bonds is 4. The fourth-order valence-corrected chi connectivity index (χ4v) is 1.88. The second kappa shape index (κ2) is 5.04. The monoisotopic (exact) mass is 229 g/mol. The molecule has 3 heteroatoms. The topological polar surface area (TPSA) is 29.9 Å². The first-order valence-corrected chi connectivity index (χ1v) is 5.98. The standard InChI is InChI=1S/C14H19N3/c1-11(2)17-10-15-8-14(17)9-16-13-6-4-5-12(3)7-13/h4-8,10-11,16H,9H2,1-3H3. The van der Waals surface area contributed by atoms with Crippen molar-refractivity contribution >= 4 is 5.69 Å². The number of imidazole rings is 1. The highest BCUT2D eigenvalue weighted by Crippen LogP contribution is 2.13. The molecule has 0 atom stereocenters. The van der Waals surface area contributed by atoms with E-state index in [9.17, 15) is 0 Å². The van der Waals surface area contributed by atoms with Crippen LogP contribution in [0.15, 0.2) is 36.8 Å². The van der Waals surface area contributed by atoms with Crippen LogP contribution < -0.4 is 5.32 Å². The minimum absolute atomic E-state index is 0.451. The molecule has 0 unspecified atom stereocenters. The molecule has 0 saturated heterocycles. The van der Waals surface area contributed by atoms with E-state index in [2.05, 4.69) is 59.9 Å². The summed E-state index contributed by atoms with van der Waals surface area (Å²) in [4.78, 5) is 4.20. The number of nitrogens with one attached hydrogen (secondary N) is 1. The van der Waals surface area contributed by atoms with Gasteiger partial charge in [0.15, 0.2) is 0 Å². The highest BCUT2D eigenvalue weighted by molar-refractivity contribution is 5.45. The summed E-state index contributed by atoms with van der Waals surface area (Å²) in [5, 5.41) is 3.42. The first-order valence-electron chi connectivity index (χ1n) is 5.98. The number of aromatic nitrogens is 2. The van der Waals surface area contributed by atoms with Gasteiger partial charge in [-0.2, -0.15) is 0 Å². The van der Waals surface area contributed by atoms with Crippen molar-refractivity contribution in [2.45, 2.75) is 33.4 Å². The van der Waals surface area contributed by atoms with Crippen molar-refractivity contribution in [3.8, 4) is 0 Å². The molecule has 0 aliphatic carbocycles. The van der Waals surface area contributed by atoms with E-state index in [0.29, 0.717) is 6.04 Å². The van der Waals surface area contributed by atoms with Gasteiger partial charge in [-0.3, -0.25) is 0 Å². The van der Waals surface area contributed by atoms with Crippen molar-refractivity contribution in [2.24, 2.45) is 0 Å². The normalized spacial score (nSPS) is 10.8. The summed E-state index contributed by atoms with van der Waals surface area (Å²) in [6.07, 6.45) is 3.81. The average Bonchev–Trinajstić information content (AvgIpc) is 2.74. The zero-order valence-electron chi connectivity index (χ0n) is 10.6. The SMILES string of the molecule is Cc1cccc(NCc2cncn2C(C)C)c1. The van der Waals surface area contributed by atoms with Crippen LogP contribution in [0.4, 0.5) is 5.69 Å². The van der Waals surface area contributed by atoms with E-state index < -0.39 is 0 Å². The molecule has 1 N–H and O–H groups in total. The van der Waals surface area contributed by atoms with Crippen molar-refractivity contribution in [2.75, 3.05) is 5.32 Å². The zero-order chi connectivity index (χ0) is 12.3. The van der Waals surface area contributed by atoms with Gasteiger partial charge in [-0.25, -0.2) is 4.98 Å². The number of benzene rings is 1. The summed E-state index contributed by atoms with van der Waals surface area (Å²) < 4.78 is 2.18. The van der Waals surface area contributed by atoms with Crippen molar-refractivity contribution in [3.63, 3.8) is 0 Å². The highest BCUT2D eigenvalue weighted by Gasteiger charge is 2.04. The second-order valence-corrected chi connectivity index (χ2v) is 4.61. The lowest BCUT2D eigenvalue weighted by molar-refractivity contribution is 0.577. The Morgan fingerprint density at radius 3 is 2.88 bits per heavy atom. The maximum atomic E-state index is 4.20. The Bertz CT molecular complexity index is 486. The average molecular weight is 229 g/mol. The summed E-state index contributed by atoms with van der Waals surface area (Å²) in [5.41, 5.74) is 3.63. The van der Waals surface area contributed by atoms with Crippen LogP contribution in [0, 0.1) is 6.92 Å². The van der Waals surface area contributed by atoms with Gasteiger partial charge >= 0.3 is 0 Å². The predicted octanol–water partition coefficient (Wildman–Crippen LogP) is 3.38. The third-order valence-electron chi connectivity index (χ3n) is 2.79. The van der Waals surface area contributed by atoms with Crippen LogP contribution in [0.25, 0.3) is 0 Å². The Balaban J connectivity index is 2.05. The molecule has 0 amide bonds. The van der Waals surface area contributed by atoms with E-state index in [1.54, 1.807) is 0 Å². The summed E-state index contributed by atoms with van der Waals surface area (Å²) in [6.45, 7) is 7.24. The Morgan fingerprint density at radius 1 is 1.35 bits per heavy atom. The van der Waals surface area contributed by atoms with Gasteiger partial charge in [-0.1, -0.05) is 12.1 Å². The van der Waals surface area contributed by atoms with Gasteiger partial charge in [0.2, 0.25) is 0 Å². The predicted molar refractivity (Wildman–Crippen MR) is 71.1 cm³/mol. The molecule has 0 spiro atoms. The van der Waals surface area contributed by atoms with Crippen LogP contribution in [0.2, 0.25) is 0 Å². The largest absolute Gasteiger partial charge is 0.379 e. The molecular formula is C14H19N3. The molecule has 0 aliphatic rings. The number of nitrogens with zero attached hydrogens (tertiary/aromatic N) is 2. The van der Waals surface area contributed by atoms with Crippen LogP contribution in [-0.4, -0.2) is 9.55 Å². The summed E-state index contributed by atoms with van der Waals surface area (Å²) >= 11 is 0. The number of hydrogen-bond acceptors (Lipinski definition) is 2. The van der Waals surface area contributed by atoms with Crippen molar-refractivity contribution in [1.29, 1.82) is 0 Å². The molecule has 1 aromatic carbocycles. The summed E-state index contributed by atoms with van der Waals surface area (Å²) in [5.74, 6) is 0. The molecule has 0 aliphatic heterocycles. The molecule has 17 heavy (non-hydrogen) atoms. The first kappa shape index (κ1) is 11.7. The minimum Gasteiger partial charge on any atom is -0.379 e. The Hall–Kier alpha value is -1.77. The molecule has 0 fully saturated rings. The fourth-order valence-electron chi connectivity index (χ4n) is 1.88. The number of anilines is 1. The smallest absolute Gasteiger partial charge is 0.0951 e. The van der Waals surface area contributed by atoms with E-state index in [0.717, 1.165) is 12.2 Å². The van der Waals surface area contributed by atoms with Crippen molar-refractivity contribution in [1.82, 2.24) is 9.55 Å². The maximum absolute atomic E-state index is 4.20. The van der Waals surface area contributed by atoms with Gasteiger partial charge in [0.1, 0.15) is 0 Å². The van der Waals surface area contributed by atoms with Crippen molar-refractivity contribution in [3.05, 3.63) is 48.0 Å². The molecule has 90 valence electrons. The van der Waals surface area contributed by atoms with E-state index >= 15 is 0 Å². The quantitative estimate of drug-likeness (QED) is 0.871. The van der Waals surface area contributed by atoms with E-state index in [1.165, 1.54) is 11.3 Å². The number of aryl methyl sites for hydroxylation is 1. The lowest BCUT2D eigenvalue weighted by Gasteiger charge is -2.13. The Kier molecular flexibility index (Phi) is 3.47. The van der Waals surface area contributed by atoms with Crippen LogP contribution in [0.5, 0.6) is 0 Å². The molecule has 1 aromatic heterocycles. The van der Waals surface area contributed by atoms with Crippen LogP contribution in [0.1, 0.15) is 31.1 Å². The van der Waals surface area contributed by atoms with Gasteiger partial charge in [-0.05, 0) is 38.5 Å². The van der Waals surface area contributed by atoms with E-state index in [-0.39, 0.29) is 0 Å². The summed E-state index contributed by atoms with van der Waals surface area (Å²) in [6, 6.07) is 8.85. The molecule has 0 saturated carbocycles. The third kappa shape index (κ3) is 2.87. The lowest BCUT2D eigenvalue weighted by atomic mass is 10.2. The van der Waals surface area contributed by atoms with E-state index in [1.807, 2.05) is 12.5 Å². The van der Waals surface area contributed by atoms with Crippen LogP contribution in [0.3, 0.4) is 0 Å². The van der Waals surface area contributed by atoms with Gasteiger partial charge in [0.05, 0.1) is 18.6 Å². The second-order valence-electron chi connectivity index (χ2n) is 4.61. The first-order chi connectivity index (χ1) is 8.16.